The molecule has 1 N–H and O–H groups in total. The molecule has 1 aromatic carbocycles. The molecule has 0 atom stereocenters. The molecule has 0 aliphatic heterocycles. The number of hydrogen-bond donors (Lipinski definition) is 1. The Morgan fingerprint density at radius 3 is 2.78 bits per heavy atom. The average Bonchev–Trinajstić information content (AvgIpc) is 2.82. The number of benzene rings is 1. The fourth-order valence-corrected chi connectivity index (χ4v) is 1.90. The Hall–Kier alpha value is -1.81. The molecule has 4 heteroatoms. The van der Waals surface area contributed by atoms with Gasteiger partial charge in [-0.25, -0.2) is 4.39 Å². The van der Waals surface area contributed by atoms with Crippen molar-refractivity contribution in [3.05, 3.63) is 53.7 Å². The summed E-state index contributed by atoms with van der Waals surface area (Å²) >= 11 is 0. The predicted molar refractivity (Wildman–Crippen MR) is 70.0 cm³/mol. The lowest BCUT2D eigenvalue weighted by Crippen LogP contribution is -2.17. The van der Waals surface area contributed by atoms with Crippen LogP contribution < -0.4 is 10.2 Å². The largest absolute Gasteiger partial charge is 0.467 e. The van der Waals surface area contributed by atoms with E-state index in [2.05, 4.69) is 5.32 Å². The maximum Gasteiger partial charge on any atom is 0.146 e. The Morgan fingerprint density at radius 2 is 2.17 bits per heavy atom. The Balaban J connectivity index is 2.12. The maximum atomic E-state index is 14.0. The van der Waals surface area contributed by atoms with E-state index >= 15 is 0 Å². The van der Waals surface area contributed by atoms with E-state index in [0.717, 1.165) is 11.3 Å². The number of furan rings is 1. The van der Waals surface area contributed by atoms with E-state index in [1.165, 1.54) is 0 Å². The molecule has 96 valence electrons. The number of hydrogen-bond acceptors (Lipinski definition) is 3. The number of rotatable bonds is 5. The van der Waals surface area contributed by atoms with E-state index in [1.54, 1.807) is 18.4 Å². The van der Waals surface area contributed by atoms with Crippen LogP contribution in [0.5, 0.6) is 0 Å². The molecule has 2 rings (SSSR count). The van der Waals surface area contributed by atoms with Crippen LogP contribution in [0, 0.1) is 5.82 Å². The predicted octanol–water partition coefficient (Wildman–Crippen LogP) is 2.77. The number of halogens is 1. The van der Waals surface area contributed by atoms with Gasteiger partial charge in [0.15, 0.2) is 0 Å². The lowest BCUT2D eigenvalue weighted by Gasteiger charge is -2.19. The molecule has 1 aromatic heterocycles. The van der Waals surface area contributed by atoms with Crippen LogP contribution in [-0.4, -0.2) is 14.1 Å². The average molecular weight is 248 g/mol. The minimum absolute atomic E-state index is 0.211. The summed E-state index contributed by atoms with van der Waals surface area (Å²) in [5.41, 5.74) is 1.51. The Kier molecular flexibility index (Phi) is 3.99. The van der Waals surface area contributed by atoms with Crippen molar-refractivity contribution in [2.24, 2.45) is 0 Å². The van der Waals surface area contributed by atoms with Gasteiger partial charge >= 0.3 is 0 Å². The van der Waals surface area contributed by atoms with Crippen LogP contribution in [0.15, 0.2) is 41.0 Å². The van der Waals surface area contributed by atoms with Crippen molar-refractivity contribution in [1.29, 1.82) is 0 Å². The molecule has 0 aliphatic carbocycles. The third-order valence-corrected chi connectivity index (χ3v) is 2.78. The normalized spacial score (nSPS) is 10.6. The zero-order valence-corrected chi connectivity index (χ0v) is 10.6. The van der Waals surface area contributed by atoms with E-state index in [9.17, 15) is 4.39 Å². The Morgan fingerprint density at radius 1 is 1.33 bits per heavy atom. The molecule has 0 amide bonds. The minimum Gasteiger partial charge on any atom is -0.467 e. The SMILES string of the molecule is CNCc1ccc(N(C)Cc2ccco2)c(F)c1. The smallest absolute Gasteiger partial charge is 0.146 e. The zero-order valence-electron chi connectivity index (χ0n) is 10.6. The monoisotopic (exact) mass is 248 g/mol. The summed E-state index contributed by atoms with van der Waals surface area (Å²) in [6.07, 6.45) is 1.62. The highest BCUT2D eigenvalue weighted by atomic mass is 19.1. The van der Waals surface area contributed by atoms with E-state index < -0.39 is 0 Å². The number of nitrogens with one attached hydrogen (secondary N) is 1. The molecule has 18 heavy (non-hydrogen) atoms. The lowest BCUT2D eigenvalue weighted by molar-refractivity contribution is 0.505. The first kappa shape index (κ1) is 12.6. The van der Waals surface area contributed by atoms with Crippen LogP contribution in [0.1, 0.15) is 11.3 Å². The summed E-state index contributed by atoms with van der Waals surface area (Å²) in [5, 5.41) is 3.00. The molecule has 0 unspecified atom stereocenters. The van der Waals surface area contributed by atoms with Gasteiger partial charge in [0, 0.05) is 13.6 Å². The van der Waals surface area contributed by atoms with Crippen LogP contribution in [0.2, 0.25) is 0 Å². The second-order valence-electron chi connectivity index (χ2n) is 4.25. The van der Waals surface area contributed by atoms with Crippen molar-refractivity contribution in [2.75, 3.05) is 19.0 Å². The molecule has 1 heterocycles. The van der Waals surface area contributed by atoms with Crippen LogP contribution in [0.4, 0.5) is 10.1 Å². The first-order chi connectivity index (χ1) is 8.70. The lowest BCUT2D eigenvalue weighted by atomic mass is 10.2. The van der Waals surface area contributed by atoms with Crippen molar-refractivity contribution >= 4 is 5.69 Å². The molecule has 0 aliphatic rings. The van der Waals surface area contributed by atoms with E-state index in [-0.39, 0.29) is 5.82 Å². The number of nitrogens with zero attached hydrogens (tertiary/aromatic N) is 1. The van der Waals surface area contributed by atoms with Gasteiger partial charge in [0.2, 0.25) is 0 Å². The van der Waals surface area contributed by atoms with Gasteiger partial charge in [-0.1, -0.05) is 6.07 Å². The highest BCUT2D eigenvalue weighted by molar-refractivity contribution is 5.48. The van der Waals surface area contributed by atoms with Gasteiger partial charge in [-0.15, -0.1) is 0 Å². The van der Waals surface area contributed by atoms with Crippen LogP contribution >= 0.6 is 0 Å². The third-order valence-electron chi connectivity index (χ3n) is 2.78. The fraction of sp³-hybridized carbons (Fsp3) is 0.286. The van der Waals surface area contributed by atoms with Crippen molar-refractivity contribution in [2.45, 2.75) is 13.1 Å². The molecular formula is C14H17FN2O. The molecule has 0 saturated heterocycles. The van der Waals surface area contributed by atoms with Crippen LogP contribution in [0.3, 0.4) is 0 Å². The summed E-state index contributed by atoms with van der Waals surface area (Å²) in [7, 11) is 3.69. The topological polar surface area (TPSA) is 28.4 Å². The maximum absolute atomic E-state index is 14.0. The van der Waals surface area contributed by atoms with Crippen molar-refractivity contribution < 1.29 is 8.81 Å². The molecule has 0 spiro atoms. The first-order valence-corrected chi connectivity index (χ1v) is 5.87. The summed E-state index contributed by atoms with van der Waals surface area (Å²) in [6.45, 7) is 1.22. The molecule has 0 saturated carbocycles. The molecule has 0 bridgehead atoms. The van der Waals surface area contributed by atoms with Crippen LogP contribution in [-0.2, 0) is 13.1 Å². The second kappa shape index (κ2) is 5.69. The van der Waals surface area contributed by atoms with Crippen molar-refractivity contribution in [3.63, 3.8) is 0 Å². The summed E-state index contributed by atoms with van der Waals surface area (Å²) in [5.74, 6) is 0.605. The van der Waals surface area contributed by atoms with E-state index in [0.29, 0.717) is 18.8 Å². The van der Waals surface area contributed by atoms with E-state index in [4.69, 9.17) is 4.42 Å². The van der Waals surface area contributed by atoms with Crippen molar-refractivity contribution in [1.82, 2.24) is 5.32 Å². The first-order valence-electron chi connectivity index (χ1n) is 5.87. The van der Waals surface area contributed by atoms with Crippen LogP contribution in [0.25, 0.3) is 0 Å². The summed E-state index contributed by atoms with van der Waals surface area (Å²) < 4.78 is 19.2. The Bertz CT molecular complexity index is 497. The highest BCUT2D eigenvalue weighted by Crippen LogP contribution is 2.21. The van der Waals surface area contributed by atoms with E-state index in [1.807, 2.05) is 37.2 Å². The van der Waals surface area contributed by atoms with Gasteiger partial charge in [0.25, 0.3) is 0 Å². The van der Waals surface area contributed by atoms with Gasteiger partial charge < -0.3 is 14.6 Å². The van der Waals surface area contributed by atoms with Gasteiger partial charge in [-0.3, -0.25) is 0 Å². The highest BCUT2D eigenvalue weighted by Gasteiger charge is 2.09. The van der Waals surface area contributed by atoms with Gasteiger partial charge in [-0.2, -0.15) is 0 Å². The zero-order chi connectivity index (χ0) is 13.0. The van der Waals surface area contributed by atoms with Gasteiger partial charge in [0.1, 0.15) is 11.6 Å². The molecule has 0 fully saturated rings. The summed E-state index contributed by atoms with van der Waals surface area (Å²) in [4.78, 5) is 1.83. The Labute approximate surface area is 106 Å². The molecule has 3 nitrogen and oxygen atoms in total. The third kappa shape index (κ3) is 2.90. The number of anilines is 1. The second-order valence-corrected chi connectivity index (χ2v) is 4.25. The quantitative estimate of drug-likeness (QED) is 0.882. The van der Waals surface area contributed by atoms with Gasteiger partial charge in [0.05, 0.1) is 18.5 Å². The molecule has 2 aromatic rings. The molecular weight excluding hydrogens is 231 g/mol. The van der Waals surface area contributed by atoms with Crippen molar-refractivity contribution in [3.8, 4) is 0 Å². The standard InChI is InChI=1S/C14H17FN2O/c1-16-9-11-5-6-14(13(15)8-11)17(2)10-12-4-3-7-18-12/h3-8,16H,9-10H2,1-2H3. The minimum atomic E-state index is -0.211. The molecule has 0 radical (unpaired) electrons. The van der Waals surface area contributed by atoms with Gasteiger partial charge in [-0.05, 0) is 36.9 Å². The fourth-order valence-electron chi connectivity index (χ4n) is 1.90. The summed E-state index contributed by atoms with van der Waals surface area (Å²) in [6, 6.07) is 8.99.